The van der Waals surface area contributed by atoms with Crippen LogP contribution in [0.4, 0.5) is 0 Å². The van der Waals surface area contributed by atoms with Crippen LogP contribution in [-0.4, -0.2) is 43.3 Å². The lowest BCUT2D eigenvalue weighted by molar-refractivity contribution is 0.0997. The number of thiazole rings is 1. The highest BCUT2D eigenvalue weighted by molar-refractivity contribution is 7.98. The molecule has 0 spiro atoms. The molecule has 0 atom stereocenters. The van der Waals surface area contributed by atoms with E-state index in [0.717, 1.165) is 35.4 Å². The van der Waals surface area contributed by atoms with Gasteiger partial charge in [0.15, 0.2) is 16.3 Å². The molecule has 0 radical (unpaired) electrons. The van der Waals surface area contributed by atoms with Gasteiger partial charge in [-0.3, -0.25) is 4.79 Å². The Morgan fingerprint density at radius 1 is 1.16 bits per heavy atom. The van der Waals surface area contributed by atoms with Crippen molar-refractivity contribution in [1.82, 2.24) is 4.57 Å². The molecule has 0 aliphatic carbocycles. The number of aromatic nitrogens is 1. The normalized spacial score (nSPS) is 11.7. The van der Waals surface area contributed by atoms with E-state index in [1.165, 1.54) is 11.3 Å². The van der Waals surface area contributed by atoms with Crippen LogP contribution in [0, 0.1) is 0 Å². The minimum absolute atomic E-state index is 0.288. The van der Waals surface area contributed by atoms with Gasteiger partial charge in [0.2, 0.25) is 0 Å². The molecule has 6 nitrogen and oxygen atoms in total. The molecule has 0 saturated heterocycles. The first-order valence-corrected chi connectivity index (χ1v) is 12.4. The number of aryl methyl sites for hydroxylation is 1. The summed E-state index contributed by atoms with van der Waals surface area (Å²) in [5.41, 5.74) is 1.48. The molecule has 8 heteroatoms. The van der Waals surface area contributed by atoms with Crippen molar-refractivity contribution >= 4 is 39.2 Å². The summed E-state index contributed by atoms with van der Waals surface area (Å²) in [5.74, 6) is 2.62. The Morgan fingerprint density at radius 2 is 1.94 bits per heavy atom. The summed E-state index contributed by atoms with van der Waals surface area (Å²) >= 11 is 3.21. The van der Waals surface area contributed by atoms with E-state index in [0.29, 0.717) is 34.2 Å². The third kappa shape index (κ3) is 5.62. The number of methoxy groups -OCH3 is 2. The first kappa shape index (κ1) is 23.2. The smallest absolute Gasteiger partial charge is 0.279 e. The molecule has 1 amide bonds. The van der Waals surface area contributed by atoms with E-state index in [1.807, 2.05) is 24.3 Å². The van der Waals surface area contributed by atoms with Crippen LogP contribution in [0.1, 0.15) is 30.1 Å². The number of unbranched alkanes of at least 4 members (excludes halogenated alkanes) is 1. The fourth-order valence-corrected chi connectivity index (χ4v) is 4.52. The van der Waals surface area contributed by atoms with Crippen molar-refractivity contribution < 1.29 is 19.0 Å². The number of nitrogens with zero attached hydrogens (tertiary/aromatic N) is 2. The molecule has 0 fully saturated rings. The Morgan fingerprint density at radius 3 is 2.65 bits per heavy atom. The molecule has 3 rings (SSSR count). The van der Waals surface area contributed by atoms with Crippen LogP contribution in [-0.2, 0) is 6.54 Å². The number of carbonyl (C=O) groups excluding carboxylic acids is 1. The molecule has 31 heavy (non-hydrogen) atoms. The fraction of sp³-hybridized carbons (Fsp3) is 0.391. The van der Waals surface area contributed by atoms with E-state index in [9.17, 15) is 4.79 Å². The van der Waals surface area contributed by atoms with E-state index < -0.39 is 0 Å². The average molecular weight is 461 g/mol. The summed E-state index contributed by atoms with van der Waals surface area (Å²) in [6, 6.07) is 11.1. The minimum Gasteiger partial charge on any atom is -0.494 e. The molecule has 2 aromatic carbocycles. The molecule has 0 aliphatic rings. The lowest BCUT2D eigenvalue weighted by Gasteiger charge is -2.09. The van der Waals surface area contributed by atoms with Gasteiger partial charge < -0.3 is 18.8 Å². The maximum atomic E-state index is 13.0. The fourth-order valence-electron chi connectivity index (χ4n) is 3.09. The number of fused-ring (bicyclic) bond motifs is 1. The van der Waals surface area contributed by atoms with Crippen LogP contribution in [0.25, 0.3) is 10.2 Å². The summed E-state index contributed by atoms with van der Waals surface area (Å²) in [4.78, 5) is 18.1. The second-order valence-corrected chi connectivity index (χ2v) is 8.85. The molecule has 0 aliphatic heterocycles. The van der Waals surface area contributed by atoms with E-state index >= 15 is 0 Å². The molecule has 3 aromatic rings. The predicted octanol–water partition coefficient (Wildman–Crippen LogP) is 5.00. The highest BCUT2D eigenvalue weighted by atomic mass is 32.2. The van der Waals surface area contributed by atoms with E-state index in [4.69, 9.17) is 14.2 Å². The number of benzene rings is 2. The Labute approximate surface area is 190 Å². The lowest BCUT2D eigenvalue weighted by Crippen LogP contribution is -2.18. The van der Waals surface area contributed by atoms with Crippen molar-refractivity contribution in [2.24, 2.45) is 4.99 Å². The van der Waals surface area contributed by atoms with Crippen LogP contribution in [0.5, 0.6) is 17.2 Å². The highest BCUT2D eigenvalue weighted by Gasteiger charge is 2.14. The first-order valence-electron chi connectivity index (χ1n) is 10.2. The van der Waals surface area contributed by atoms with Crippen molar-refractivity contribution in [1.29, 1.82) is 0 Å². The molecule has 1 aromatic heterocycles. The Balaban J connectivity index is 2.02. The van der Waals surface area contributed by atoms with E-state index in [1.54, 1.807) is 38.1 Å². The average Bonchev–Trinajstić information content (AvgIpc) is 3.12. The number of hydrogen-bond acceptors (Lipinski definition) is 6. The Hall–Kier alpha value is -2.45. The van der Waals surface area contributed by atoms with Gasteiger partial charge in [-0.2, -0.15) is 16.8 Å². The Kier molecular flexibility index (Phi) is 8.43. The van der Waals surface area contributed by atoms with Crippen molar-refractivity contribution in [2.75, 3.05) is 32.8 Å². The summed E-state index contributed by atoms with van der Waals surface area (Å²) in [5, 5.41) is 0. The zero-order valence-corrected chi connectivity index (χ0v) is 20.0. The van der Waals surface area contributed by atoms with Gasteiger partial charge in [-0.1, -0.05) is 30.7 Å². The standard InChI is InChI=1S/C23H28N2O4S2/c1-5-6-11-29-17-9-7-8-16(13-17)22(26)24-23-25(10-12-30-4)18-14-19(27-2)20(28-3)15-21(18)31-23/h7-9,13-15H,5-6,10-12H2,1-4H3. The van der Waals surface area contributed by atoms with Crippen molar-refractivity contribution in [3.05, 3.63) is 46.8 Å². The third-order valence-corrected chi connectivity index (χ3v) is 6.38. The minimum atomic E-state index is -0.288. The summed E-state index contributed by atoms with van der Waals surface area (Å²) < 4.78 is 19.7. The molecular weight excluding hydrogens is 432 g/mol. The Bertz CT molecular complexity index is 1100. The molecular formula is C23H28N2O4S2. The maximum absolute atomic E-state index is 13.0. The molecule has 0 unspecified atom stereocenters. The molecule has 0 saturated carbocycles. The first-order chi connectivity index (χ1) is 15.1. The van der Waals surface area contributed by atoms with Crippen LogP contribution < -0.4 is 19.0 Å². The number of hydrogen-bond donors (Lipinski definition) is 0. The summed E-state index contributed by atoms with van der Waals surface area (Å²) in [7, 11) is 3.23. The van der Waals surface area contributed by atoms with Gasteiger partial charge in [0, 0.05) is 30.0 Å². The second kappa shape index (κ2) is 11.2. The van der Waals surface area contributed by atoms with Crippen LogP contribution >= 0.6 is 23.1 Å². The summed E-state index contributed by atoms with van der Waals surface area (Å²) in [6.07, 6.45) is 4.10. The third-order valence-electron chi connectivity index (χ3n) is 4.75. The largest absolute Gasteiger partial charge is 0.494 e. The number of rotatable bonds is 10. The van der Waals surface area contributed by atoms with Crippen LogP contribution in [0.3, 0.4) is 0 Å². The number of thioether (sulfide) groups is 1. The monoisotopic (exact) mass is 460 g/mol. The topological polar surface area (TPSA) is 62.1 Å². The molecule has 166 valence electrons. The second-order valence-electron chi connectivity index (χ2n) is 6.85. The SMILES string of the molecule is CCCCOc1cccc(C(=O)N=c2sc3cc(OC)c(OC)cc3n2CCSC)c1. The zero-order valence-electron chi connectivity index (χ0n) is 18.3. The zero-order chi connectivity index (χ0) is 22.2. The van der Waals surface area contributed by atoms with Gasteiger partial charge in [-0.15, -0.1) is 0 Å². The van der Waals surface area contributed by atoms with Gasteiger partial charge in [0.25, 0.3) is 5.91 Å². The van der Waals surface area contributed by atoms with Crippen molar-refractivity contribution in [2.45, 2.75) is 26.3 Å². The molecule has 0 bridgehead atoms. The van der Waals surface area contributed by atoms with Gasteiger partial charge in [-0.25, -0.2) is 0 Å². The predicted molar refractivity (Wildman–Crippen MR) is 128 cm³/mol. The van der Waals surface area contributed by atoms with Crippen molar-refractivity contribution in [3.8, 4) is 17.2 Å². The van der Waals surface area contributed by atoms with Gasteiger partial charge in [0.1, 0.15) is 5.75 Å². The number of amides is 1. The van der Waals surface area contributed by atoms with Gasteiger partial charge in [-0.05, 0) is 30.9 Å². The van der Waals surface area contributed by atoms with Gasteiger partial charge in [0.05, 0.1) is 31.0 Å². The maximum Gasteiger partial charge on any atom is 0.279 e. The summed E-state index contributed by atoms with van der Waals surface area (Å²) in [6.45, 7) is 3.49. The van der Waals surface area contributed by atoms with Crippen LogP contribution in [0.2, 0.25) is 0 Å². The van der Waals surface area contributed by atoms with E-state index in [2.05, 4.69) is 22.7 Å². The van der Waals surface area contributed by atoms with E-state index in [-0.39, 0.29) is 5.91 Å². The molecule has 1 heterocycles. The number of carbonyl (C=O) groups is 1. The van der Waals surface area contributed by atoms with Crippen LogP contribution in [0.15, 0.2) is 41.4 Å². The number of ether oxygens (including phenoxy) is 3. The van der Waals surface area contributed by atoms with Gasteiger partial charge >= 0.3 is 0 Å². The highest BCUT2D eigenvalue weighted by Crippen LogP contribution is 2.33. The van der Waals surface area contributed by atoms with Crippen molar-refractivity contribution in [3.63, 3.8) is 0 Å². The lowest BCUT2D eigenvalue weighted by atomic mass is 10.2. The molecule has 0 N–H and O–H groups in total. The quantitative estimate of drug-likeness (QED) is 0.398.